The molecule has 0 spiro atoms. The monoisotopic (exact) mass is 521 g/mol. The predicted octanol–water partition coefficient (Wildman–Crippen LogP) is 4.86. The smallest absolute Gasteiger partial charge is 0.320 e. The first-order valence-electron chi connectivity index (χ1n) is 13.4. The molecule has 2 heterocycles. The van der Waals surface area contributed by atoms with E-state index in [1.165, 1.54) is 0 Å². The largest absolute Gasteiger partial charge is 0.393 e. The number of alkyl halides is 1. The number of benzene rings is 2. The molecule has 7 nitrogen and oxygen atoms in total. The number of nitrogens with zero attached hydrogens (tertiary/aromatic N) is 4. The van der Waals surface area contributed by atoms with E-state index in [1.807, 2.05) is 54.7 Å². The van der Waals surface area contributed by atoms with Gasteiger partial charge in [0.1, 0.15) is 12.0 Å². The van der Waals surface area contributed by atoms with Gasteiger partial charge in [0.25, 0.3) is 0 Å². The van der Waals surface area contributed by atoms with Gasteiger partial charge in [-0.15, -0.1) is 0 Å². The minimum Gasteiger partial charge on any atom is -0.393 e. The Bertz CT molecular complexity index is 1170. The molecule has 204 valence electrons. The summed E-state index contributed by atoms with van der Waals surface area (Å²) in [5, 5.41) is 9.99. The Kier molecular flexibility index (Phi) is 8.84. The second-order valence-electron chi connectivity index (χ2n) is 11.2. The lowest BCUT2D eigenvalue weighted by atomic mass is 9.84. The van der Waals surface area contributed by atoms with Crippen molar-refractivity contribution < 1.29 is 14.3 Å². The fourth-order valence-electron chi connectivity index (χ4n) is 5.12. The third-order valence-electron chi connectivity index (χ3n) is 7.08. The van der Waals surface area contributed by atoms with Crippen LogP contribution in [0.15, 0.2) is 66.9 Å². The maximum atomic E-state index is 14.9. The highest BCUT2D eigenvalue weighted by Crippen LogP contribution is 2.40. The molecule has 2 amide bonds. The van der Waals surface area contributed by atoms with Gasteiger partial charge >= 0.3 is 6.03 Å². The van der Waals surface area contributed by atoms with Crippen LogP contribution in [0, 0.1) is 5.41 Å². The van der Waals surface area contributed by atoms with Crippen molar-refractivity contribution in [2.45, 2.75) is 58.5 Å². The van der Waals surface area contributed by atoms with Crippen molar-refractivity contribution in [1.82, 2.24) is 19.4 Å². The van der Waals surface area contributed by atoms with E-state index in [-0.39, 0.29) is 19.1 Å². The average Bonchev–Trinajstić information content (AvgIpc) is 3.31. The van der Waals surface area contributed by atoms with Gasteiger partial charge in [0.15, 0.2) is 0 Å². The number of nitrogens with two attached hydrogens (primary N) is 1. The molecule has 4 rings (SSSR count). The Morgan fingerprint density at radius 2 is 1.71 bits per heavy atom. The number of hydrogen-bond donors (Lipinski definition) is 2. The Balaban J connectivity index is 1.82. The highest BCUT2D eigenvalue weighted by atomic mass is 19.1. The summed E-state index contributed by atoms with van der Waals surface area (Å²) in [6.45, 7) is 7.28. The van der Waals surface area contributed by atoms with Gasteiger partial charge in [-0.05, 0) is 23.8 Å². The number of likely N-dealkylation sites (tertiary alicyclic amines) is 1. The van der Waals surface area contributed by atoms with Crippen LogP contribution >= 0.6 is 0 Å². The molecule has 0 radical (unpaired) electrons. The Hall–Kier alpha value is -3.23. The predicted molar refractivity (Wildman–Crippen MR) is 148 cm³/mol. The number of urea groups is 1. The van der Waals surface area contributed by atoms with Gasteiger partial charge in [-0.3, -0.25) is 0 Å². The number of halogens is 1. The number of rotatable bonds is 8. The summed E-state index contributed by atoms with van der Waals surface area (Å²) in [6.07, 6.45) is 1.26. The van der Waals surface area contributed by atoms with E-state index < -0.39 is 23.7 Å². The van der Waals surface area contributed by atoms with Crippen LogP contribution in [0.2, 0.25) is 0 Å². The van der Waals surface area contributed by atoms with E-state index in [9.17, 15) is 14.3 Å². The summed E-state index contributed by atoms with van der Waals surface area (Å²) in [4.78, 5) is 22.4. The summed E-state index contributed by atoms with van der Waals surface area (Å²) >= 11 is 0. The molecule has 2 aromatic carbocycles. The number of carbonyl (C=O) groups excluding carboxylic acids is 1. The molecule has 1 fully saturated rings. The lowest BCUT2D eigenvalue weighted by Gasteiger charge is -2.43. The average molecular weight is 522 g/mol. The number of amides is 2. The van der Waals surface area contributed by atoms with Gasteiger partial charge in [-0.25, -0.2) is 14.2 Å². The Morgan fingerprint density at radius 3 is 2.29 bits per heavy atom. The summed E-state index contributed by atoms with van der Waals surface area (Å²) in [7, 11) is 0. The molecule has 3 aromatic rings. The van der Waals surface area contributed by atoms with Crippen molar-refractivity contribution in [3.05, 3.63) is 78.2 Å². The van der Waals surface area contributed by atoms with E-state index in [0.717, 1.165) is 16.8 Å². The molecule has 2 unspecified atom stereocenters. The zero-order valence-corrected chi connectivity index (χ0v) is 22.6. The molecule has 0 aliphatic carbocycles. The van der Waals surface area contributed by atoms with Gasteiger partial charge in [0.05, 0.1) is 24.4 Å². The Morgan fingerprint density at radius 1 is 1.11 bits per heavy atom. The van der Waals surface area contributed by atoms with Crippen molar-refractivity contribution in [3.8, 4) is 11.3 Å². The fourth-order valence-corrected chi connectivity index (χ4v) is 5.12. The number of aliphatic hydroxyl groups is 1. The lowest BCUT2D eigenvalue weighted by Crippen LogP contribution is -2.53. The van der Waals surface area contributed by atoms with Crippen LogP contribution in [0.3, 0.4) is 0 Å². The number of carbonyl (C=O) groups is 1. The van der Waals surface area contributed by atoms with E-state index >= 15 is 0 Å². The van der Waals surface area contributed by atoms with Gasteiger partial charge in [-0.2, -0.15) is 0 Å². The molecule has 1 aliphatic rings. The topological polar surface area (TPSA) is 87.6 Å². The first-order chi connectivity index (χ1) is 18.2. The van der Waals surface area contributed by atoms with Crippen LogP contribution < -0.4 is 5.73 Å². The summed E-state index contributed by atoms with van der Waals surface area (Å²) < 4.78 is 17.0. The maximum absolute atomic E-state index is 14.9. The first kappa shape index (κ1) is 27.8. The number of hydrogen-bond acceptors (Lipinski definition) is 4. The first-order valence-corrected chi connectivity index (χ1v) is 13.4. The molecule has 38 heavy (non-hydrogen) atoms. The normalized spacial score (nSPS) is 16.3. The number of imidazole rings is 1. The van der Waals surface area contributed by atoms with Crippen molar-refractivity contribution in [1.29, 1.82) is 0 Å². The minimum absolute atomic E-state index is 0.130. The van der Waals surface area contributed by atoms with Crippen LogP contribution in [0.1, 0.15) is 51.0 Å². The minimum atomic E-state index is -1.37. The Labute approximate surface area is 225 Å². The zero-order chi connectivity index (χ0) is 27.3. The van der Waals surface area contributed by atoms with Crippen molar-refractivity contribution in [3.63, 3.8) is 0 Å². The molecule has 0 saturated carbocycles. The van der Waals surface area contributed by atoms with Gasteiger partial charge in [0, 0.05) is 37.9 Å². The third-order valence-corrected chi connectivity index (χ3v) is 7.08. The number of piperidine rings is 1. The highest BCUT2D eigenvalue weighted by Gasteiger charge is 2.41. The number of aliphatic hydroxyl groups excluding tert-OH is 1. The third kappa shape index (κ3) is 6.60. The summed E-state index contributed by atoms with van der Waals surface area (Å²) in [5.74, 6) is 0.704. The molecule has 3 N–H and O–H groups in total. The second kappa shape index (κ2) is 12.1. The highest BCUT2D eigenvalue weighted by molar-refractivity contribution is 5.75. The SMILES string of the molecule is CC(C)(C)C(c1nc(-c2ccccc2)cn1Cc1ccccc1)N(CC(F)CN)C(=O)N1CCC(O)CC1. The van der Waals surface area contributed by atoms with Crippen LogP contribution in [-0.2, 0) is 6.54 Å². The van der Waals surface area contributed by atoms with Crippen LogP contribution in [0.5, 0.6) is 0 Å². The van der Waals surface area contributed by atoms with Gasteiger partial charge in [-0.1, -0.05) is 81.4 Å². The molecule has 1 saturated heterocycles. The van der Waals surface area contributed by atoms with Gasteiger partial charge in [0.2, 0.25) is 0 Å². The van der Waals surface area contributed by atoms with Crippen molar-refractivity contribution in [2.75, 3.05) is 26.2 Å². The quantitative estimate of drug-likeness (QED) is 0.443. The zero-order valence-electron chi connectivity index (χ0n) is 22.6. The van der Waals surface area contributed by atoms with Crippen molar-refractivity contribution >= 4 is 6.03 Å². The van der Waals surface area contributed by atoms with E-state index in [4.69, 9.17) is 10.7 Å². The molecule has 0 bridgehead atoms. The molecular formula is C30H40FN5O2. The fraction of sp³-hybridized carbons (Fsp3) is 0.467. The van der Waals surface area contributed by atoms with Gasteiger partial charge < -0.3 is 25.2 Å². The molecular weight excluding hydrogens is 481 g/mol. The number of aromatic nitrogens is 2. The molecule has 8 heteroatoms. The molecule has 2 atom stereocenters. The van der Waals surface area contributed by atoms with E-state index in [0.29, 0.717) is 38.3 Å². The van der Waals surface area contributed by atoms with E-state index in [2.05, 4.69) is 37.5 Å². The lowest BCUT2D eigenvalue weighted by molar-refractivity contribution is 0.0466. The second-order valence-corrected chi connectivity index (χ2v) is 11.2. The molecule has 1 aromatic heterocycles. The van der Waals surface area contributed by atoms with Crippen LogP contribution in [0.25, 0.3) is 11.3 Å². The van der Waals surface area contributed by atoms with Crippen LogP contribution in [-0.4, -0.2) is 68.9 Å². The summed E-state index contributed by atoms with van der Waals surface area (Å²) in [6, 6.07) is 19.3. The standard InChI is InChI=1S/C30H40FN5O2/c1-30(2,3)27(36(20-24(31)18-32)29(38)34-16-14-25(37)15-17-34)28-33-26(23-12-8-5-9-13-23)21-35(28)19-22-10-6-4-7-11-22/h4-13,21,24-25,27,37H,14-20,32H2,1-3H3. The van der Waals surface area contributed by atoms with Crippen molar-refractivity contribution in [2.24, 2.45) is 11.1 Å². The maximum Gasteiger partial charge on any atom is 0.320 e. The van der Waals surface area contributed by atoms with E-state index in [1.54, 1.807) is 9.80 Å². The molecule has 1 aliphatic heterocycles. The summed E-state index contributed by atoms with van der Waals surface area (Å²) in [5.41, 5.74) is 8.11. The van der Waals surface area contributed by atoms with Crippen LogP contribution in [0.4, 0.5) is 9.18 Å².